The second kappa shape index (κ2) is 9.52. The van der Waals surface area contributed by atoms with E-state index in [0.717, 1.165) is 30.5 Å². The first-order valence-electron chi connectivity index (χ1n) is 10.3. The molecule has 30 heavy (non-hydrogen) atoms. The van der Waals surface area contributed by atoms with Gasteiger partial charge in [-0.3, -0.25) is 0 Å². The standard InChI is InChI=1S/C22H26F3N3O2/c1-2-30-19-9-13-28(14-10-19)21(29)27-11-7-17(8-12-27)20(15-26)16-3-5-18(6-4-16)22(23,24)25/h3-6,19H,2,7-14H2,1H3. The van der Waals surface area contributed by atoms with Gasteiger partial charge < -0.3 is 14.5 Å². The molecule has 0 spiro atoms. The first kappa shape index (κ1) is 22.2. The second-order valence-electron chi connectivity index (χ2n) is 7.58. The topological polar surface area (TPSA) is 56.6 Å². The molecule has 0 aliphatic carbocycles. The quantitative estimate of drug-likeness (QED) is 0.665. The number of ether oxygens (including phenoxy) is 1. The van der Waals surface area contributed by atoms with Crippen LogP contribution in [0.2, 0.25) is 0 Å². The lowest BCUT2D eigenvalue weighted by molar-refractivity contribution is -0.137. The summed E-state index contributed by atoms with van der Waals surface area (Å²) in [5.74, 6) is 0. The van der Waals surface area contributed by atoms with Crippen LogP contribution in [0.4, 0.5) is 18.0 Å². The van der Waals surface area contributed by atoms with E-state index in [1.807, 2.05) is 11.8 Å². The van der Waals surface area contributed by atoms with Crippen molar-refractivity contribution in [3.63, 3.8) is 0 Å². The number of piperidine rings is 2. The molecular formula is C22H26F3N3O2. The van der Waals surface area contributed by atoms with Crippen molar-refractivity contribution < 1.29 is 22.7 Å². The van der Waals surface area contributed by atoms with E-state index in [2.05, 4.69) is 6.07 Å². The highest BCUT2D eigenvalue weighted by molar-refractivity contribution is 5.80. The number of benzene rings is 1. The van der Waals surface area contributed by atoms with Crippen LogP contribution in [0, 0.1) is 11.3 Å². The van der Waals surface area contributed by atoms with E-state index in [9.17, 15) is 23.2 Å². The predicted octanol–water partition coefficient (Wildman–Crippen LogP) is 4.70. The summed E-state index contributed by atoms with van der Waals surface area (Å²) in [5.41, 5.74) is 1.05. The zero-order chi connectivity index (χ0) is 21.7. The summed E-state index contributed by atoms with van der Waals surface area (Å²) >= 11 is 0. The van der Waals surface area contributed by atoms with Crippen molar-refractivity contribution in [1.82, 2.24) is 9.80 Å². The van der Waals surface area contributed by atoms with Gasteiger partial charge in [0.25, 0.3) is 0 Å². The Labute approximate surface area is 174 Å². The number of hydrogen-bond donors (Lipinski definition) is 0. The molecule has 0 N–H and O–H groups in total. The highest BCUT2D eigenvalue weighted by Crippen LogP contribution is 2.32. The normalized spacial score (nSPS) is 18.3. The molecule has 5 nitrogen and oxygen atoms in total. The first-order valence-corrected chi connectivity index (χ1v) is 10.3. The van der Waals surface area contributed by atoms with Gasteiger partial charge in [-0.2, -0.15) is 18.4 Å². The first-order chi connectivity index (χ1) is 14.3. The number of urea groups is 1. The highest BCUT2D eigenvalue weighted by atomic mass is 19.4. The molecule has 2 aliphatic rings. The molecule has 0 bridgehead atoms. The van der Waals surface area contributed by atoms with E-state index in [0.29, 0.717) is 56.8 Å². The summed E-state index contributed by atoms with van der Waals surface area (Å²) in [5, 5.41) is 9.58. The Morgan fingerprint density at radius 2 is 1.67 bits per heavy atom. The number of hydrogen-bond acceptors (Lipinski definition) is 3. The number of allylic oxidation sites excluding steroid dienone is 1. The monoisotopic (exact) mass is 421 g/mol. The van der Waals surface area contributed by atoms with E-state index >= 15 is 0 Å². The minimum Gasteiger partial charge on any atom is -0.378 e. The van der Waals surface area contributed by atoms with Crippen LogP contribution in [-0.2, 0) is 10.9 Å². The minimum absolute atomic E-state index is 0.0111. The fourth-order valence-corrected chi connectivity index (χ4v) is 4.04. The lowest BCUT2D eigenvalue weighted by atomic mass is 9.93. The molecule has 2 amide bonds. The highest BCUT2D eigenvalue weighted by Gasteiger charge is 2.31. The number of nitriles is 1. The van der Waals surface area contributed by atoms with Gasteiger partial charge >= 0.3 is 12.2 Å². The Kier molecular flexibility index (Phi) is 7.03. The second-order valence-corrected chi connectivity index (χ2v) is 7.58. The van der Waals surface area contributed by atoms with Crippen LogP contribution in [0.25, 0.3) is 5.57 Å². The van der Waals surface area contributed by atoms with Gasteiger partial charge in [-0.05, 0) is 55.9 Å². The van der Waals surface area contributed by atoms with Crippen LogP contribution < -0.4 is 0 Å². The third kappa shape index (κ3) is 5.14. The number of likely N-dealkylation sites (tertiary alicyclic amines) is 2. The van der Waals surface area contributed by atoms with Crippen molar-refractivity contribution in [2.75, 3.05) is 32.8 Å². The maximum absolute atomic E-state index is 12.8. The van der Waals surface area contributed by atoms with Crippen LogP contribution in [-0.4, -0.2) is 54.7 Å². The molecule has 1 aromatic rings. The van der Waals surface area contributed by atoms with Crippen molar-refractivity contribution in [3.05, 3.63) is 41.0 Å². The maximum Gasteiger partial charge on any atom is 0.416 e. The number of carbonyl (C=O) groups is 1. The zero-order valence-corrected chi connectivity index (χ0v) is 17.0. The summed E-state index contributed by atoms with van der Waals surface area (Å²) in [4.78, 5) is 16.4. The number of halogens is 3. The van der Waals surface area contributed by atoms with Gasteiger partial charge in [0, 0.05) is 32.8 Å². The Hall–Kier alpha value is -2.53. The van der Waals surface area contributed by atoms with Crippen molar-refractivity contribution in [1.29, 1.82) is 5.26 Å². The Morgan fingerprint density at radius 1 is 1.10 bits per heavy atom. The maximum atomic E-state index is 12.8. The van der Waals surface area contributed by atoms with Gasteiger partial charge in [0.1, 0.15) is 0 Å². The third-order valence-electron chi connectivity index (χ3n) is 5.72. The molecule has 0 atom stereocenters. The lowest BCUT2D eigenvalue weighted by Crippen LogP contribution is -2.49. The summed E-state index contributed by atoms with van der Waals surface area (Å²) < 4.78 is 43.9. The molecule has 0 radical (unpaired) electrons. The Bertz CT molecular complexity index is 810. The molecule has 162 valence electrons. The third-order valence-corrected chi connectivity index (χ3v) is 5.72. The van der Waals surface area contributed by atoms with Gasteiger partial charge in [0.05, 0.1) is 23.3 Å². The molecule has 0 unspecified atom stereocenters. The van der Waals surface area contributed by atoms with Crippen LogP contribution in [0.5, 0.6) is 0 Å². The van der Waals surface area contributed by atoms with E-state index in [1.54, 1.807) is 4.90 Å². The summed E-state index contributed by atoms with van der Waals surface area (Å²) in [6, 6.07) is 6.83. The van der Waals surface area contributed by atoms with Gasteiger partial charge in [-0.1, -0.05) is 12.1 Å². The summed E-state index contributed by atoms with van der Waals surface area (Å²) in [7, 11) is 0. The van der Waals surface area contributed by atoms with Gasteiger partial charge in [0.2, 0.25) is 0 Å². The number of carbonyl (C=O) groups excluding carboxylic acids is 1. The fraction of sp³-hybridized carbons (Fsp3) is 0.545. The molecular weight excluding hydrogens is 395 g/mol. The minimum atomic E-state index is -4.40. The molecule has 0 aromatic heterocycles. The molecule has 2 heterocycles. The number of alkyl halides is 3. The van der Waals surface area contributed by atoms with E-state index in [4.69, 9.17) is 4.74 Å². The van der Waals surface area contributed by atoms with Gasteiger partial charge in [-0.15, -0.1) is 0 Å². The molecule has 8 heteroatoms. The molecule has 2 aliphatic heterocycles. The molecule has 1 aromatic carbocycles. The van der Waals surface area contributed by atoms with Crippen LogP contribution in [0.15, 0.2) is 29.8 Å². The summed E-state index contributed by atoms with van der Waals surface area (Å²) in [6.07, 6.45) is -1.41. The van der Waals surface area contributed by atoms with E-state index < -0.39 is 11.7 Å². The molecule has 2 fully saturated rings. The van der Waals surface area contributed by atoms with Crippen LogP contribution in [0.3, 0.4) is 0 Å². The predicted molar refractivity (Wildman–Crippen MR) is 106 cm³/mol. The fourth-order valence-electron chi connectivity index (χ4n) is 4.04. The van der Waals surface area contributed by atoms with Gasteiger partial charge in [0.15, 0.2) is 0 Å². The molecule has 3 rings (SSSR count). The summed E-state index contributed by atoms with van der Waals surface area (Å²) in [6.45, 7) is 5.02. The Balaban J connectivity index is 1.61. The average Bonchev–Trinajstić information content (AvgIpc) is 2.75. The van der Waals surface area contributed by atoms with Crippen LogP contribution >= 0.6 is 0 Å². The smallest absolute Gasteiger partial charge is 0.378 e. The largest absolute Gasteiger partial charge is 0.416 e. The van der Waals surface area contributed by atoms with Crippen molar-refractivity contribution in [2.24, 2.45) is 0 Å². The van der Waals surface area contributed by atoms with Crippen molar-refractivity contribution >= 4 is 11.6 Å². The number of rotatable bonds is 3. The molecule has 2 saturated heterocycles. The Morgan fingerprint density at radius 3 is 2.17 bits per heavy atom. The number of amides is 2. The van der Waals surface area contributed by atoms with Crippen LogP contribution in [0.1, 0.15) is 43.7 Å². The average molecular weight is 421 g/mol. The zero-order valence-electron chi connectivity index (χ0n) is 17.0. The molecule has 0 saturated carbocycles. The van der Waals surface area contributed by atoms with Crippen molar-refractivity contribution in [2.45, 2.75) is 44.9 Å². The number of nitrogens with zero attached hydrogens (tertiary/aromatic N) is 3. The van der Waals surface area contributed by atoms with Crippen molar-refractivity contribution in [3.8, 4) is 6.07 Å². The van der Waals surface area contributed by atoms with Gasteiger partial charge in [-0.25, -0.2) is 4.79 Å². The SMILES string of the molecule is CCOC1CCN(C(=O)N2CCC(=C(C#N)c3ccc(C(F)(F)F)cc3)CC2)CC1. The van der Waals surface area contributed by atoms with E-state index in [-0.39, 0.29) is 12.1 Å². The lowest BCUT2D eigenvalue weighted by Gasteiger charge is -2.37. The van der Waals surface area contributed by atoms with E-state index in [1.165, 1.54) is 12.1 Å².